The van der Waals surface area contributed by atoms with Crippen LogP contribution in [0.3, 0.4) is 0 Å². The maximum Gasteiger partial charge on any atom is 0.137 e. The fourth-order valence-corrected chi connectivity index (χ4v) is 3.73. The molecule has 0 bridgehead atoms. The predicted octanol–water partition coefficient (Wildman–Crippen LogP) is 3.56. The fourth-order valence-electron chi connectivity index (χ4n) is 3.73. The summed E-state index contributed by atoms with van der Waals surface area (Å²) in [5.74, 6) is 1.69. The summed E-state index contributed by atoms with van der Waals surface area (Å²) in [6.45, 7) is 7.78. The molecule has 1 aliphatic carbocycles. The van der Waals surface area contributed by atoms with Gasteiger partial charge in [0.05, 0.1) is 11.4 Å². The van der Waals surface area contributed by atoms with Crippen LogP contribution in [0, 0.1) is 18.8 Å². The zero-order valence-corrected chi connectivity index (χ0v) is 12.8. The molecule has 2 unspecified atom stereocenters. The summed E-state index contributed by atoms with van der Waals surface area (Å²) in [4.78, 5) is 4.63. The lowest BCUT2D eigenvalue weighted by Gasteiger charge is -2.32. The Bertz CT molecular complexity index is 577. The monoisotopic (exact) mass is 271 g/mol. The van der Waals surface area contributed by atoms with E-state index < -0.39 is 0 Å². The normalized spacial score (nSPS) is 27.1. The molecule has 2 aromatic heterocycles. The first kappa shape index (κ1) is 13.6. The Morgan fingerprint density at radius 3 is 2.70 bits per heavy atom. The molecule has 0 spiro atoms. The van der Waals surface area contributed by atoms with Crippen molar-refractivity contribution < 1.29 is 0 Å². The van der Waals surface area contributed by atoms with Gasteiger partial charge < -0.3 is 9.72 Å². The number of nitrogens with zero attached hydrogens (tertiary/aromatic N) is 2. The first-order valence-electron chi connectivity index (χ1n) is 7.79. The standard InChI is InChI=1S/C17H25N3/c1-12-8-13(2)10-15(9-12)18-11-16-14(3)19-17-6-4-5-7-20(16)17/h4-7,12-13,15,18H,8-11H2,1-3H3. The molecule has 0 amide bonds. The lowest BCUT2D eigenvalue weighted by molar-refractivity contribution is 0.237. The number of rotatable bonds is 3. The highest BCUT2D eigenvalue weighted by Gasteiger charge is 2.23. The summed E-state index contributed by atoms with van der Waals surface area (Å²) in [5, 5.41) is 3.76. The van der Waals surface area contributed by atoms with Crippen molar-refractivity contribution in [1.82, 2.24) is 14.7 Å². The van der Waals surface area contributed by atoms with Crippen LogP contribution in [0.5, 0.6) is 0 Å². The van der Waals surface area contributed by atoms with Gasteiger partial charge in [0.25, 0.3) is 0 Å². The van der Waals surface area contributed by atoms with Crippen LogP contribution in [-0.4, -0.2) is 15.4 Å². The van der Waals surface area contributed by atoms with E-state index in [9.17, 15) is 0 Å². The SMILES string of the molecule is Cc1nc2ccccn2c1CNC1CC(C)CC(C)C1. The van der Waals surface area contributed by atoms with Crippen molar-refractivity contribution in [2.75, 3.05) is 0 Å². The van der Waals surface area contributed by atoms with E-state index in [-0.39, 0.29) is 0 Å². The van der Waals surface area contributed by atoms with Gasteiger partial charge in [0.15, 0.2) is 0 Å². The van der Waals surface area contributed by atoms with Gasteiger partial charge in [-0.05, 0) is 50.2 Å². The first-order valence-corrected chi connectivity index (χ1v) is 7.79. The maximum atomic E-state index is 4.63. The van der Waals surface area contributed by atoms with E-state index in [1.807, 2.05) is 6.07 Å². The number of hydrogen-bond acceptors (Lipinski definition) is 2. The molecule has 0 saturated heterocycles. The lowest BCUT2D eigenvalue weighted by atomic mass is 9.80. The van der Waals surface area contributed by atoms with Gasteiger partial charge >= 0.3 is 0 Å². The molecular formula is C17H25N3. The van der Waals surface area contributed by atoms with Gasteiger partial charge in [-0.25, -0.2) is 4.98 Å². The van der Waals surface area contributed by atoms with Crippen molar-refractivity contribution in [3.05, 3.63) is 35.8 Å². The molecule has 2 aromatic rings. The van der Waals surface area contributed by atoms with Crippen LogP contribution in [0.25, 0.3) is 5.65 Å². The third-order valence-corrected chi connectivity index (χ3v) is 4.57. The molecule has 3 rings (SSSR count). The van der Waals surface area contributed by atoms with Crippen molar-refractivity contribution >= 4 is 5.65 Å². The molecule has 108 valence electrons. The number of fused-ring (bicyclic) bond motifs is 1. The quantitative estimate of drug-likeness (QED) is 0.925. The second-order valence-electron chi connectivity index (χ2n) is 6.57. The number of hydrogen-bond donors (Lipinski definition) is 1. The van der Waals surface area contributed by atoms with Gasteiger partial charge in [0, 0.05) is 18.8 Å². The Labute approximate surface area is 121 Å². The van der Waals surface area contributed by atoms with E-state index >= 15 is 0 Å². The highest BCUT2D eigenvalue weighted by atomic mass is 15.0. The summed E-state index contributed by atoms with van der Waals surface area (Å²) in [5.41, 5.74) is 3.49. The Hall–Kier alpha value is -1.35. The Morgan fingerprint density at radius 1 is 1.20 bits per heavy atom. The predicted molar refractivity (Wildman–Crippen MR) is 82.7 cm³/mol. The Morgan fingerprint density at radius 2 is 1.95 bits per heavy atom. The fraction of sp³-hybridized carbons (Fsp3) is 0.588. The maximum absolute atomic E-state index is 4.63. The van der Waals surface area contributed by atoms with Crippen molar-refractivity contribution in [3.8, 4) is 0 Å². The molecule has 1 saturated carbocycles. The largest absolute Gasteiger partial charge is 0.308 e. The van der Waals surface area contributed by atoms with Crippen LogP contribution >= 0.6 is 0 Å². The smallest absolute Gasteiger partial charge is 0.137 e. The van der Waals surface area contributed by atoms with Gasteiger partial charge in [-0.2, -0.15) is 0 Å². The van der Waals surface area contributed by atoms with Crippen LogP contribution in [-0.2, 0) is 6.54 Å². The molecule has 1 N–H and O–H groups in total. The summed E-state index contributed by atoms with van der Waals surface area (Å²) >= 11 is 0. The first-order chi connectivity index (χ1) is 9.63. The zero-order valence-electron chi connectivity index (χ0n) is 12.8. The van der Waals surface area contributed by atoms with Crippen molar-refractivity contribution in [2.24, 2.45) is 11.8 Å². The van der Waals surface area contributed by atoms with E-state index in [0.717, 1.165) is 29.7 Å². The third kappa shape index (κ3) is 2.73. The second-order valence-corrected chi connectivity index (χ2v) is 6.57. The zero-order chi connectivity index (χ0) is 14.1. The van der Waals surface area contributed by atoms with E-state index in [1.165, 1.54) is 25.0 Å². The molecule has 0 aromatic carbocycles. The van der Waals surface area contributed by atoms with E-state index in [4.69, 9.17) is 0 Å². The van der Waals surface area contributed by atoms with Crippen LogP contribution in [0.2, 0.25) is 0 Å². The number of aromatic nitrogens is 2. The van der Waals surface area contributed by atoms with Gasteiger partial charge in [-0.1, -0.05) is 19.9 Å². The summed E-state index contributed by atoms with van der Waals surface area (Å²) in [6, 6.07) is 6.84. The molecule has 0 aliphatic heterocycles. The topological polar surface area (TPSA) is 29.3 Å². The number of pyridine rings is 1. The summed E-state index contributed by atoms with van der Waals surface area (Å²) in [6.07, 6.45) is 6.10. The highest BCUT2D eigenvalue weighted by Crippen LogP contribution is 2.28. The van der Waals surface area contributed by atoms with Crippen molar-refractivity contribution in [3.63, 3.8) is 0 Å². The molecule has 2 atom stereocenters. The van der Waals surface area contributed by atoms with Gasteiger partial charge in [0.2, 0.25) is 0 Å². The average Bonchev–Trinajstić information content (AvgIpc) is 2.71. The van der Waals surface area contributed by atoms with Crippen molar-refractivity contribution in [1.29, 1.82) is 0 Å². The third-order valence-electron chi connectivity index (χ3n) is 4.57. The van der Waals surface area contributed by atoms with E-state index in [0.29, 0.717) is 6.04 Å². The van der Waals surface area contributed by atoms with E-state index in [1.54, 1.807) is 0 Å². The summed E-state index contributed by atoms with van der Waals surface area (Å²) < 4.78 is 2.21. The Kier molecular flexibility index (Phi) is 3.79. The molecular weight excluding hydrogens is 246 g/mol. The van der Waals surface area contributed by atoms with Gasteiger partial charge in [-0.15, -0.1) is 0 Å². The minimum Gasteiger partial charge on any atom is -0.308 e. The van der Waals surface area contributed by atoms with Crippen LogP contribution in [0.4, 0.5) is 0 Å². The molecule has 20 heavy (non-hydrogen) atoms. The Balaban J connectivity index is 1.72. The molecule has 2 heterocycles. The number of aryl methyl sites for hydroxylation is 1. The number of nitrogens with one attached hydrogen (secondary N) is 1. The minimum atomic E-state index is 0.655. The van der Waals surface area contributed by atoms with E-state index in [2.05, 4.69) is 53.8 Å². The van der Waals surface area contributed by atoms with Gasteiger partial charge in [0.1, 0.15) is 5.65 Å². The molecule has 1 fully saturated rings. The minimum absolute atomic E-state index is 0.655. The lowest BCUT2D eigenvalue weighted by Crippen LogP contribution is -2.36. The molecule has 3 heteroatoms. The van der Waals surface area contributed by atoms with Gasteiger partial charge in [-0.3, -0.25) is 0 Å². The highest BCUT2D eigenvalue weighted by molar-refractivity contribution is 5.42. The molecule has 3 nitrogen and oxygen atoms in total. The van der Waals surface area contributed by atoms with Crippen LogP contribution in [0.15, 0.2) is 24.4 Å². The number of imidazole rings is 1. The second kappa shape index (κ2) is 5.57. The molecule has 1 aliphatic rings. The summed E-state index contributed by atoms with van der Waals surface area (Å²) in [7, 11) is 0. The van der Waals surface area contributed by atoms with Crippen LogP contribution < -0.4 is 5.32 Å². The average molecular weight is 271 g/mol. The van der Waals surface area contributed by atoms with Crippen molar-refractivity contribution in [2.45, 2.75) is 52.6 Å². The van der Waals surface area contributed by atoms with Crippen LogP contribution in [0.1, 0.15) is 44.5 Å². The molecule has 0 radical (unpaired) electrons.